The molecular weight excluding hydrogens is 338 g/mol. The van der Waals surface area contributed by atoms with Gasteiger partial charge in [-0.25, -0.2) is 0 Å². The molecule has 0 radical (unpaired) electrons. The van der Waals surface area contributed by atoms with Crippen LogP contribution >= 0.6 is 39.3 Å². The molecule has 0 aliphatic heterocycles. The molecule has 0 aliphatic rings. The summed E-state index contributed by atoms with van der Waals surface area (Å²) < 4.78 is 8.27. The average Bonchev–Trinajstić information content (AvgIpc) is 2.82. The molecule has 0 spiro atoms. The largest absolute Gasteiger partial charge is 0.323 e. The number of fused-ring (bicyclic) bond motifs is 1. The van der Waals surface area contributed by atoms with Gasteiger partial charge in [-0.15, -0.1) is 0 Å². The molecule has 0 unspecified atom stereocenters. The Labute approximate surface area is 122 Å². The van der Waals surface area contributed by atoms with E-state index < -0.39 is 0 Å². The number of anilines is 1. The number of benzene rings is 1. The molecule has 2 rings (SSSR count). The molecule has 0 saturated heterocycles. The van der Waals surface area contributed by atoms with Gasteiger partial charge in [0.2, 0.25) is 5.91 Å². The third kappa shape index (κ3) is 3.18. The summed E-state index contributed by atoms with van der Waals surface area (Å²) in [6, 6.07) is 3.51. The lowest BCUT2D eigenvalue weighted by Crippen LogP contribution is -2.12. The quantitative estimate of drug-likeness (QED) is 0.659. The molecule has 1 heterocycles. The molecular formula is C11H11BrClN3OS. The smallest absolute Gasteiger partial charge is 0.224 e. The minimum atomic E-state index is -0.0432. The van der Waals surface area contributed by atoms with Crippen LogP contribution in [0.4, 0.5) is 5.69 Å². The fraction of sp³-hybridized carbons (Fsp3) is 0.364. The van der Waals surface area contributed by atoms with Crippen LogP contribution in [-0.4, -0.2) is 20.0 Å². The Morgan fingerprint density at radius 2 is 2.22 bits per heavy atom. The lowest BCUT2D eigenvalue weighted by molar-refractivity contribution is -0.116. The first-order chi connectivity index (χ1) is 8.72. The van der Waals surface area contributed by atoms with Crippen LogP contribution in [0.3, 0.4) is 0 Å². The molecule has 0 aliphatic carbocycles. The summed E-state index contributed by atoms with van der Waals surface area (Å²) >= 11 is 10.5. The molecule has 0 saturated carbocycles. The van der Waals surface area contributed by atoms with Crippen molar-refractivity contribution in [3.8, 4) is 0 Å². The van der Waals surface area contributed by atoms with E-state index in [1.807, 2.05) is 0 Å². The van der Waals surface area contributed by atoms with Crippen molar-refractivity contribution in [3.05, 3.63) is 17.2 Å². The number of rotatable bonds is 5. The van der Waals surface area contributed by atoms with E-state index in [9.17, 15) is 4.79 Å². The number of carbonyl (C=O) groups is 1. The summed E-state index contributed by atoms with van der Waals surface area (Å²) in [4.78, 5) is 11.8. The highest BCUT2D eigenvalue weighted by Gasteiger charge is 2.12. The molecule has 0 fully saturated rings. The van der Waals surface area contributed by atoms with Gasteiger partial charge in [-0.3, -0.25) is 4.79 Å². The second-order valence-electron chi connectivity index (χ2n) is 3.75. The fourth-order valence-electron chi connectivity index (χ4n) is 1.53. The maximum absolute atomic E-state index is 11.8. The van der Waals surface area contributed by atoms with Crippen molar-refractivity contribution in [3.63, 3.8) is 0 Å². The summed E-state index contributed by atoms with van der Waals surface area (Å²) in [6.07, 6.45) is 2.31. The van der Waals surface area contributed by atoms with Crippen LogP contribution in [0, 0.1) is 0 Å². The number of hydrogen-bond donors (Lipinski definition) is 1. The van der Waals surface area contributed by atoms with Crippen LogP contribution < -0.4 is 5.32 Å². The molecule has 1 amide bonds. The first-order valence-corrected chi connectivity index (χ1v) is 7.72. The third-order valence-corrected chi connectivity index (χ3v) is 3.85. The van der Waals surface area contributed by atoms with Crippen molar-refractivity contribution in [2.45, 2.75) is 19.3 Å². The van der Waals surface area contributed by atoms with Crippen molar-refractivity contribution < 1.29 is 4.79 Å². The van der Waals surface area contributed by atoms with Gasteiger partial charge in [0.05, 0.1) is 22.4 Å². The monoisotopic (exact) mass is 347 g/mol. The van der Waals surface area contributed by atoms with Crippen LogP contribution in [0.2, 0.25) is 5.02 Å². The summed E-state index contributed by atoms with van der Waals surface area (Å²) in [6.45, 7) is 0. The minimum Gasteiger partial charge on any atom is -0.323 e. The number of amides is 1. The number of nitrogens with one attached hydrogen (secondary N) is 1. The minimum absolute atomic E-state index is 0.0432. The maximum Gasteiger partial charge on any atom is 0.224 e. The van der Waals surface area contributed by atoms with Crippen LogP contribution in [0.1, 0.15) is 19.3 Å². The molecule has 7 heteroatoms. The number of unbranched alkanes of at least 4 members (excludes halogenated alkanes) is 1. The predicted octanol–water partition coefficient (Wildman–Crippen LogP) is 3.85. The first-order valence-electron chi connectivity index (χ1n) is 5.49. The first kappa shape index (κ1) is 13.7. The zero-order chi connectivity index (χ0) is 13.0. The van der Waals surface area contributed by atoms with Crippen molar-refractivity contribution in [1.29, 1.82) is 0 Å². The van der Waals surface area contributed by atoms with Gasteiger partial charge in [0, 0.05) is 11.8 Å². The Kier molecular flexibility index (Phi) is 4.91. The van der Waals surface area contributed by atoms with Gasteiger partial charge >= 0.3 is 0 Å². The lowest BCUT2D eigenvalue weighted by atomic mass is 10.2. The highest BCUT2D eigenvalue weighted by atomic mass is 79.9. The Bertz CT molecular complexity index is 560. The lowest BCUT2D eigenvalue weighted by Gasteiger charge is -2.07. The molecule has 96 valence electrons. The predicted molar refractivity (Wildman–Crippen MR) is 78.7 cm³/mol. The highest BCUT2D eigenvalue weighted by Crippen LogP contribution is 2.30. The van der Waals surface area contributed by atoms with E-state index in [4.69, 9.17) is 11.6 Å². The van der Waals surface area contributed by atoms with Crippen LogP contribution in [0.15, 0.2) is 12.1 Å². The van der Waals surface area contributed by atoms with Crippen molar-refractivity contribution in [2.24, 2.45) is 0 Å². The number of halogens is 2. The summed E-state index contributed by atoms with van der Waals surface area (Å²) in [5.41, 5.74) is 1.97. The Hall–Kier alpha value is -0.720. The average molecular weight is 349 g/mol. The molecule has 1 aromatic carbocycles. The number of hydrogen-bond acceptors (Lipinski definition) is 4. The number of nitrogens with zero attached hydrogens (tertiary/aromatic N) is 2. The number of carbonyl (C=O) groups excluding carboxylic acids is 1. The normalized spacial score (nSPS) is 10.8. The van der Waals surface area contributed by atoms with E-state index >= 15 is 0 Å². The fourth-order valence-corrected chi connectivity index (χ4v) is 2.67. The molecule has 4 nitrogen and oxygen atoms in total. The topological polar surface area (TPSA) is 54.9 Å². The number of aromatic nitrogens is 2. The van der Waals surface area contributed by atoms with Gasteiger partial charge in [0.1, 0.15) is 11.0 Å². The van der Waals surface area contributed by atoms with Crippen molar-refractivity contribution in [1.82, 2.24) is 8.75 Å². The van der Waals surface area contributed by atoms with E-state index in [0.717, 1.165) is 35.4 Å². The van der Waals surface area contributed by atoms with Crippen LogP contribution in [-0.2, 0) is 4.79 Å². The van der Waals surface area contributed by atoms with Gasteiger partial charge in [0.15, 0.2) is 0 Å². The Balaban J connectivity index is 2.13. The molecule has 1 aromatic heterocycles. The molecule has 2 aromatic rings. The SMILES string of the molecule is O=C(CCCCBr)Nc1c(Cl)ccc2nsnc12. The maximum atomic E-state index is 11.8. The van der Waals surface area contributed by atoms with Crippen LogP contribution in [0.25, 0.3) is 11.0 Å². The van der Waals surface area contributed by atoms with E-state index in [0.29, 0.717) is 22.6 Å². The zero-order valence-electron chi connectivity index (χ0n) is 9.45. The molecule has 0 bridgehead atoms. The Morgan fingerprint density at radius 3 is 3.00 bits per heavy atom. The summed E-state index contributed by atoms with van der Waals surface area (Å²) in [7, 11) is 0. The summed E-state index contributed by atoms with van der Waals surface area (Å²) in [5, 5.41) is 4.22. The standard InChI is InChI=1S/C11H11BrClN3OS/c12-6-2-1-3-9(17)14-10-7(13)4-5-8-11(10)16-18-15-8/h4-5H,1-3,6H2,(H,14,17). The van der Waals surface area contributed by atoms with Gasteiger partial charge in [-0.2, -0.15) is 8.75 Å². The third-order valence-electron chi connectivity index (χ3n) is 2.43. The van der Waals surface area contributed by atoms with Gasteiger partial charge in [0.25, 0.3) is 0 Å². The van der Waals surface area contributed by atoms with E-state index in [1.54, 1.807) is 12.1 Å². The molecule has 1 N–H and O–H groups in total. The summed E-state index contributed by atoms with van der Waals surface area (Å²) in [5.74, 6) is -0.0432. The van der Waals surface area contributed by atoms with E-state index in [1.165, 1.54) is 0 Å². The molecule has 18 heavy (non-hydrogen) atoms. The molecule has 0 atom stereocenters. The van der Waals surface area contributed by atoms with Crippen LogP contribution in [0.5, 0.6) is 0 Å². The van der Waals surface area contributed by atoms with Gasteiger partial charge in [-0.05, 0) is 25.0 Å². The Morgan fingerprint density at radius 1 is 1.39 bits per heavy atom. The zero-order valence-corrected chi connectivity index (χ0v) is 12.6. The van der Waals surface area contributed by atoms with Crippen molar-refractivity contribution >= 4 is 61.9 Å². The van der Waals surface area contributed by atoms with Crippen molar-refractivity contribution in [2.75, 3.05) is 10.6 Å². The van der Waals surface area contributed by atoms with Gasteiger partial charge in [-0.1, -0.05) is 27.5 Å². The van der Waals surface area contributed by atoms with E-state index in [2.05, 4.69) is 30.0 Å². The van der Waals surface area contributed by atoms with E-state index in [-0.39, 0.29) is 5.91 Å². The second-order valence-corrected chi connectivity index (χ2v) is 5.48. The highest BCUT2D eigenvalue weighted by molar-refractivity contribution is 9.09. The second kappa shape index (κ2) is 6.45. The number of alkyl halides is 1. The van der Waals surface area contributed by atoms with Gasteiger partial charge < -0.3 is 5.32 Å².